The van der Waals surface area contributed by atoms with Gasteiger partial charge >= 0.3 is 12.0 Å². The normalized spacial score (nSPS) is 14.9. The van der Waals surface area contributed by atoms with Crippen LogP contribution in [0.3, 0.4) is 0 Å². The van der Waals surface area contributed by atoms with Crippen LogP contribution in [0.2, 0.25) is 0 Å². The Hall–Kier alpha value is -4.80. The molecule has 2 atom stereocenters. The number of aromatic nitrogens is 2. The summed E-state index contributed by atoms with van der Waals surface area (Å²) in [5.41, 5.74) is -0.357. The quantitative estimate of drug-likeness (QED) is 0.199. The van der Waals surface area contributed by atoms with Gasteiger partial charge in [-0.15, -0.1) is 0 Å². The highest BCUT2D eigenvalue weighted by Crippen LogP contribution is 2.25. The maximum atomic E-state index is 15.2. The van der Waals surface area contributed by atoms with E-state index >= 15 is 8.78 Å². The Morgan fingerprint density at radius 2 is 1.73 bits per heavy atom. The first kappa shape index (κ1) is 37.0. The standard InChI is InChI=1S/C33H39F3N6O7/c1-21(2)27(28(44)33(35,36)31(46)37-12-13-41-14-16-48-17-15-41)40-26(43)19-42-29(23-8-10-24(34)11-9-23)38-18-25(30(42)45)39-32(47)49-20-22-6-4-3-5-7-22/h3-11,18,21,27-28,44H,12-17,19-20H2,1-2H3,(H,37,46)(H,39,47)(H,40,43). The van der Waals surface area contributed by atoms with Crippen molar-refractivity contribution < 1.29 is 42.1 Å². The van der Waals surface area contributed by atoms with Crippen LogP contribution in [-0.4, -0.2) is 94.9 Å². The van der Waals surface area contributed by atoms with Crippen molar-refractivity contribution in [2.24, 2.45) is 5.92 Å². The Morgan fingerprint density at radius 1 is 1.06 bits per heavy atom. The molecule has 0 bridgehead atoms. The lowest BCUT2D eigenvalue weighted by molar-refractivity contribution is -0.169. The molecule has 1 aliphatic rings. The lowest BCUT2D eigenvalue weighted by atomic mass is 9.93. The first-order valence-corrected chi connectivity index (χ1v) is 15.6. The van der Waals surface area contributed by atoms with E-state index in [2.05, 4.69) is 20.9 Å². The van der Waals surface area contributed by atoms with Crippen LogP contribution in [0.15, 0.2) is 65.6 Å². The third kappa shape index (κ3) is 10.1. The Balaban J connectivity index is 1.49. The molecule has 4 N–H and O–H groups in total. The molecule has 49 heavy (non-hydrogen) atoms. The molecule has 13 nitrogen and oxygen atoms in total. The number of ether oxygens (including phenoxy) is 2. The largest absolute Gasteiger partial charge is 0.444 e. The molecule has 0 spiro atoms. The second-order valence-electron chi connectivity index (χ2n) is 11.7. The van der Waals surface area contributed by atoms with Crippen molar-refractivity contribution in [1.29, 1.82) is 0 Å². The van der Waals surface area contributed by atoms with E-state index in [9.17, 15) is 28.7 Å². The lowest BCUT2D eigenvalue weighted by Crippen LogP contribution is -2.60. The van der Waals surface area contributed by atoms with Crippen LogP contribution in [-0.2, 0) is 32.2 Å². The summed E-state index contributed by atoms with van der Waals surface area (Å²) in [5.74, 6) is -8.44. The van der Waals surface area contributed by atoms with Gasteiger partial charge in [-0.05, 0) is 35.7 Å². The second-order valence-corrected chi connectivity index (χ2v) is 11.7. The number of hydrogen-bond acceptors (Lipinski definition) is 9. The molecule has 264 valence electrons. The van der Waals surface area contributed by atoms with Gasteiger partial charge in [0.1, 0.15) is 36.6 Å². The second kappa shape index (κ2) is 17.0. The van der Waals surface area contributed by atoms with Gasteiger partial charge in [-0.2, -0.15) is 8.78 Å². The number of halogens is 3. The molecule has 2 aromatic carbocycles. The van der Waals surface area contributed by atoms with Crippen LogP contribution in [0.4, 0.5) is 23.7 Å². The number of nitrogens with zero attached hydrogens (tertiary/aromatic N) is 3. The number of carbonyl (C=O) groups is 3. The summed E-state index contributed by atoms with van der Waals surface area (Å²) in [6.45, 7) is 4.41. The van der Waals surface area contributed by atoms with Gasteiger partial charge in [0.05, 0.1) is 25.5 Å². The summed E-state index contributed by atoms with van der Waals surface area (Å²) in [7, 11) is 0. The van der Waals surface area contributed by atoms with E-state index in [1.165, 1.54) is 26.0 Å². The van der Waals surface area contributed by atoms with Crippen molar-refractivity contribution in [3.8, 4) is 11.4 Å². The summed E-state index contributed by atoms with van der Waals surface area (Å²) in [4.78, 5) is 58.0. The van der Waals surface area contributed by atoms with E-state index in [4.69, 9.17) is 9.47 Å². The van der Waals surface area contributed by atoms with Crippen LogP contribution < -0.4 is 21.5 Å². The van der Waals surface area contributed by atoms with E-state index in [-0.39, 0.29) is 30.2 Å². The van der Waals surface area contributed by atoms with Crippen LogP contribution in [0.25, 0.3) is 11.4 Å². The molecule has 3 aromatic rings. The molecule has 3 amide bonds. The number of benzene rings is 2. The first-order valence-electron chi connectivity index (χ1n) is 15.6. The van der Waals surface area contributed by atoms with Gasteiger partial charge in [-0.3, -0.25) is 29.2 Å². The van der Waals surface area contributed by atoms with Crippen LogP contribution in [0.1, 0.15) is 19.4 Å². The van der Waals surface area contributed by atoms with Crippen LogP contribution >= 0.6 is 0 Å². The zero-order valence-corrected chi connectivity index (χ0v) is 27.0. The molecule has 1 aromatic heterocycles. The number of rotatable bonds is 14. The Bertz CT molecular complexity index is 1630. The molecule has 0 radical (unpaired) electrons. The average molecular weight is 689 g/mol. The zero-order chi connectivity index (χ0) is 35.6. The fraction of sp³-hybridized carbons (Fsp3) is 0.424. The van der Waals surface area contributed by atoms with Gasteiger partial charge in [0.25, 0.3) is 11.5 Å². The highest BCUT2D eigenvalue weighted by molar-refractivity contribution is 5.85. The molecule has 0 aliphatic carbocycles. The van der Waals surface area contributed by atoms with Gasteiger partial charge in [0, 0.05) is 31.7 Å². The summed E-state index contributed by atoms with van der Waals surface area (Å²) < 4.78 is 55.3. The predicted molar refractivity (Wildman–Crippen MR) is 172 cm³/mol. The van der Waals surface area contributed by atoms with E-state index in [0.29, 0.717) is 38.4 Å². The molecule has 4 rings (SSSR count). The number of aliphatic hydroxyl groups excluding tert-OH is 1. The number of anilines is 1. The summed E-state index contributed by atoms with van der Waals surface area (Å²) in [6, 6.07) is 12.0. The van der Waals surface area contributed by atoms with Crippen molar-refractivity contribution >= 4 is 23.6 Å². The number of morpholine rings is 1. The molecule has 2 heterocycles. The topological polar surface area (TPSA) is 164 Å². The summed E-state index contributed by atoms with van der Waals surface area (Å²) >= 11 is 0. The third-order valence-electron chi connectivity index (χ3n) is 7.78. The number of hydrogen-bond donors (Lipinski definition) is 4. The zero-order valence-electron chi connectivity index (χ0n) is 27.0. The molecule has 1 fully saturated rings. The lowest BCUT2D eigenvalue weighted by Gasteiger charge is -2.32. The monoisotopic (exact) mass is 688 g/mol. The van der Waals surface area contributed by atoms with E-state index in [1.807, 2.05) is 4.90 Å². The fourth-order valence-electron chi connectivity index (χ4n) is 5.04. The number of nitrogens with one attached hydrogen (secondary N) is 3. The van der Waals surface area contributed by atoms with Crippen molar-refractivity contribution in [2.45, 2.75) is 45.1 Å². The highest BCUT2D eigenvalue weighted by Gasteiger charge is 2.51. The van der Waals surface area contributed by atoms with Crippen molar-refractivity contribution in [3.05, 3.63) is 82.5 Å². The molecule has 2 unspecified atom stereocenters. The molecule has 16 heteroatoms. The summed E-state index contributed by atoms with van der Waals surface area (Å²) in [6.07, 6.45) is -2.57. The summed E-state index contributed by atoms with van der Waals surface area (Å²) in [5, 5.41) is 17.4. The van der Waals surface area contributed by atoms with Gasteiger partial charge in [0.15, 0.2) is 0 Å². The smallest absolute Gasteiger partial charge is 0.412 e. The fourth-order valence-corrected chi connectivity index (χ4v) is 5.04. The molecule has 0 saturated carbocycles. The Morgan fingerprint density at radius 3 is 2.39 bits per heavy atom. The molecule has 1 saturated heterocycles. The van der Waals surface area contributed by atoms with Gasteiger partial charge in [0.2, 0.25) is 5.91 Å². The first-order chi connectivity index (χ1) is 23.4. The van der Waals surface area contributed by atoms with Gasteiger partial charge in [-0.25, -0.2) is 14.2 Å². The minimum absolute atomic E-state index is 0.0912. The maximum Gasteiger partial charge on any atom is 0.412 e. The SMILES string of the molecule is CC(C)C(NC(=O)Cn1c(-c2ccc(F)cc2)ncc(NC(=O)OCc2ccccc2)c1=O)C(O)C(F)(F)C(=O)NCCN1CCOCC1. The van der Waals surface area contributed by atoms with Gasteiger partial charge in [-0.1, -0.05) is 44.2 Å². The van der Waals surface area contributed by atoms with Crippen molar-refractivity contribution in [3.63, 3.8) is 0 Å². The van der Waals surface area contributed by atoms with Crippen LogP contribution in [0.5, 0.6) is 0 Å². The van der Waals surface area contributed by atoms with Crippen molar-refractivity contribution in [1.82, 2.24) is 25.1 Å². The Labute approximate surface area is 280 Å². The van der Waals surface area contributed by atoms with E-state index < -0.39 is 59.8 Å². The molecule has 1 aliphatic heterocycles. The van der Waals surface area contributed by atoms with Crippen LogP contribution in [0, 0.1) is 11.7 Å². The molecular weight excluding hydrogens is 649 g/mol. The van der Waals surface area contributed by atoms with Crippen molar-refractivity contribution in [2.75, 3.05) is 44.7 Å². The Kier molecular flexibility index (Phi) is 12.9. The maximum absolute atomic E-state index is 15.2. The average Bonchev–Trinajstić information content (AvgIpc) is 3.09. The number of carbonyl (C=O) groups excluding carboxylic acids is 3. The van der Waals surface area contributed by atoms with E-state index in [0.717, 1.165) is 22.9 Å². The number of amides is 3. The third-order valence-corrected chi connectivity index (χ3v) is 7.78. The molecular formula is C33H39F3N6O7. The number of aliphatic hydroxyl groups is 1. The number of alkyl halides is 2. The van der Waals surface area contributed by atoms with E-state index in [1.54, 1.807) is 30.3 Å². The highest BCUT2D eigenvalue weighted by atomic mass is 19.3. The predicted octanol–water partition coefficient (Wildman–Crippen LogP) is 2.38. The van der Waals surface area contributed by atoms with Gasteiger partial charge < -0.3 is 25.2 Å². The minimum Gasteiger partial charge on any atom is -0.444 e. The minimum atomic E-state index is -4.28.